The largest absolute Gasteiger partial charge is 0.299 e. The van der Waals surface area contributed by atoms with Gasteiger partial charge in [-0.3, -0.25) is 14.6 Å². The van der Waals surface area contributed by atoms with Crippen molar-refractivity contribution in [3.63, 3.8) is 0 Å². The van der Waals surface area contributed by atoms with Gasteiger partial charge in [0.25, 0.3) is 0 Å². The number of aromatic nitrogens is 4. The second-order valence-corrected chi connectivity index (χ2v) is 6.54. The van der Waals surface area contributed by atoms with Crippen molar-refractivity contribution in [2.45, 2.75) is 25.1 Å². The van der Waals surface area contributed by atoms with E-state index in [2.05, 4.69) is 35.3 Å². The minimum atomic E-state index is 0.110. The molecule has 0 aliphatic heterocycles. The third kappa shape index (κ3) is 2.81. The fourth-order valence-corrected chi connectivity index (χ4v) is 2.08. The molecule has 0 fully saturated rings. The highest BCUT2D eigenvalue weighted by molar-refractivity contribution is 7.99. The first kappa shape index (κ1) is 13.3. The number of aromatic amines is 1. The van der Waals surface area contributed by atoms with Gasteiger partial charge in [0, 0.05) is 29.2 Å². The fraction of sp³-hybridized carbons (Fsp3) is 0.417. The molecule has 4 nitrogen and oxygen atoms in total. The number of pyridine rings is 1. The molecule has 96 valence electrons. The summed E-state index contributed by atoms with van der Waals surface area (Å²) in [6.07, 6.45) is 5.65. The first-order valence-corrected chi connectivity index (χ1v) is 7.27. The number of hydrogen-bond donors (Lipinski definition) is 1. The van der Waals surface area contributed by atoms with Crippen LogP contribution in [0.1, 0.15) is 13.8 Å². The number of H-pyrrole nitrogens is 1. The van der Waals surface area contributed by atoms with Crippen LogP contribution in [0.3, 0.4) is 0 Å². The van der Waals surface area contributed by atoms with Gasteiger partial charge in [0.2, 0.25) is 0 Å². The summed E-state index contributed by atoms with van der Waals surface area (Å²) in [5.41, 5.74) is 0.974. The molecule has 0 bridgehead atoms. The van der Waals surface area contributed by atoms with Gasteiger partial charge in [0.15, 0.2) is 10.6 Å². The van der Waals surface area contributed by atoms with Gasteiger partial charge >= 0.3 is 0 Å². The molecule has 1 N–H and O–H groups in total. The lowest BCUT2D eigenvalue weighted by Crippen LogP contribution is -2.23. The van der Waals surface area contributed by atoms with E-state index in [1.165, 1.54) is 0 Å². The maximum absolute atomic E-state index is 5.30. The van der Waals surface area contributed by atoms with Gasteiger partial charge in [-0.15, -0.1) is 0 Å². The Morgan fingerprint density at radius 3 is 2.89 bits per heavy atom. The summed E-state index contributed by atoms with van der Waals surface area (Å²) in [5.74, 6) is 0.843. The Labute approximate surface area is 116 Å². The van der Waals surface area contributed by atoms with E-state index < -0.39 is 0 Å². The molecular formula is C12H16N4S2. The van der Waals surface area contributed by atoms with Crippen molar-refractivity contribution in [3.8, 4) is 11.4 Å². The van der Waals surface area contributed by atoms with Crippen LogP contribution in [0.25, 0.3) is 11.4 Å². The topological polar surface area (TPSA) is 46.5 Å². The molecule has 6 heteroatoms. The standard InChI is InChI=1S/C12H16N4S2/c1-12(2,18-3)8-16-10(14-15-11(16)17)9-5-4-6-13-7-9/h4-7H,8H2,1-3H3,(H,15,17). The summed E-state index contributed by atoms with van der Waals surface area (Å²) in [6.45, 7) is 5.20. The van der Waals surface area contributed by atoms with Crippen LogP contribution in [0.2, 0.25) is 0 Å². The van der Waals surface area contributed by atoms with E-state index in [9.17, 15) is 0 Å². The molecule has 0 atom stereocenters. The lowest BCUT2D eigenvalue weighted by molar-refractivity contribution is 0.566. The zero-order valence-electron chi connectivity index (χ0n) is 10.7. The molecule has 0 aliphatic rings. The monoisotopic (exact) mass is 280 g/mol. The lowest BCUT2D eigenvalue weighted by Gasteiger charge is -2.23. The first-order chi connectivity index (χ1) is 8.53. The quantitative estimate of drug-likeness (QED) is 0.874. The van der Waals surface area contributed by atoms with Gasteiger partial charge in [-0.05, 0) is 44.5 Å². The van der Waals surface area contributed by atoms with Crippen molar-refractivity contribution in [3.05, 3.63) is 29.3 Å². The van der Waals surface area contributed by atoms with Crippen molar-refractivity contribution in [1.82, 2.24) is 19.7 Å². The van der Waals surface area contributed by atoms with Crippen LogP contribution in [0.5, 0.6) is 0 Å². The predicted octanol–water partition coefficient (Wildman–Crippen LogP) is 3.14. The van der Waals surface area contributed by atoms with E-state index in [-0.39, 0.29) is 4.75 Å². The highest BCUT2D eigenvalue weighted by atomic mass is 32.2. The number of nitrogens with one attached hydrogen (secondary N) is 1. The summed E-state index contributed by atoms with van der Waals surface area (Å²) < 4.78 is 2.79. The number of hydrogen-bond acceptors (Lipinski definition) is 4. The molecule has 0 saturated carbocycles. The van der Waals surface area contributed by atoms with E-state index in [0.29, 0.717) is 4.77 Å². The van der Waals surface area contributed by atoms with E-state index in [4.69, 9.17) is 12.2 Å². The van der Waals surface area contributed by atoms with E-state index in [1.807, 2.05) is 28.5 Å². The summed E-state index contributed by atoms with van der Waals surface area (Å²) >= 11 is 7.12. The third-order valence-corrected chi connectivity index (χ3v) is 4.32. The Kier molecular flexibility index (Phi) is 3.87. The summed E-state index contributed by atoms with van der Waals surface area (Å²) in [5, 5.41) is 7.16. The van der Waals surface area contributed by atoms with Crippen LogP contribution in [-0.4, -0.2) is 30.8 Å². The molecule has 2 aromatic rings. The smallest absolute Gasteiger partial charge is 0.195 e. The predicted molar refractivity (Wildman–Crippen MR) is 78.2 cm³/mol. The van der Waals surface area contributed by atoms with Gasteiger partial charge in [0.1, 0.15) is 0 Å². The van der Waals surface area contributed by atoms with Crippen molar-refractivity contribution >= 4 is 24.0 Å². The molecular weight excluding hydrogens is 264 g/mol. The maximum atomic E-state index is 5.30. The minimum Gasteiger partial charge on any atom is -0.299 e. The molecule has 2 aromatic heterocycles. The van der Waals surface area contributed by atoms with E-state index in [1.54, 1.807) is 12.4 Å². The second kappa shape index (κ2) is 5.24. The van der Waals surface area contributed by atoms with Crippen LogP contribution < -0.4 is 0 Å². The van der Waals surface area contributed by atoms with Gasteiger partial charge in [-0.25, -0.2) is 0 Å². The summed E-state index contributed by atoms with van der Waals surface area (Å²) in [7, 11) is 0. The molecule has 0 spiro atoms. The Bertz CT molecular complexity index is 571. The number of nitrogens with zero attached hydrogens (tertiary/aromatic N) is 3. The molecule has 0 saturated heterocycles. The Morgan fingerprint density at radius 1 is 1.50 bits per heavy atom. The molecule has 0 unspecified atom stereocenters. The van der Waals surface area contributed by atoms with E-state index >= 15 is 0 Å². The Morgan fingerprint density at radius 2 is 2.28 bits per heavy atom. The Hall–Kier alpha value is -1.14. The zero-order chi connectivity index (χ0) is 13.2. The molecule has 2 rings (SSSR count). The maximum Gasteiger partial charge on any atom is 0.195 e. The summed E-state index contributed by atoms with van der Waals surface area (Å²) in [6, 6.07) is 3.89. The molecule has 2 heterocycles. The van der Waals surface area contributed by atoms with Crippen LogP contribution >= 0.6 is 24.0 Å². The number of thioether (sulfide) groups is 1. The second-order valence-electron chi connectivity index (χ2n) is 4.64. The van der Waals surface area contributed by atoms with E-state index in [0.717, 1.165) is 17.9 Å². The van der Waals surface area contributed by atoms with Crippen LogP contribution in [0.15, 0.2) is 24.5 Å². The first-order valence-electron chi connectivity index (χ1n) is 5.64. The molecule has 0 radical (unpaired) electrons. The lowest BCUT2D eigenvalue weighted by atomic mass is 10.2. The fourth-order valence-electron chi connectivity index (χ4n) is 1.63. The molecule has 0 amide bonds. The highest BCUT2D eigenvalue weighted by Gasteiger charge is 2.20. The normalized spacial score (nSPS) is 11.7. The highest BCUT2D eigenvalue weighted by Crippen LogP contribution is 2.26. The van der Waals surface area contributed by atoms with Gasteiger partial charge in [-0.2, -0.15) is 16.9 Å². The molecule has 0 aliphatic carbocycles. The van der Waals surface area contributed by atoms with Gasteiger partial charge in [-0.1, -0.05) is 0 Å². The molecule has 0 aromatic carbocycles. The minimum absolute atomic E-state index is 0.110. The van der Waals surface area contributed by atoms with Crippen LogP contribution in [0.4, 0.5) is 0 Å². The SMILES string of the molecule is CSC(C)(C)Cn1c(-c2cccnc2)n[nH]c1=S. The van der Waals surface area contributed by atoms with Gasteiger partial charge in [0.05, 0.1) is 0 Å². The van der Waals surface area contributed by atoms with Crippen LogP contribution in [-0.2, 0) is 6.54 Å². The average Bonchev–Trinajstić information content (AvgIpc) is 2.72. The van der Waals surface area contributed by atoms with Crippen LogP contribution in [0, 0.1) is 4.77 Å². The van der Waals surface area contributed by atoms with Crippen molar-refractivity contribution < 1.29 is 0 Å². The average molecular weight is 280 g/mol. The summed E-state index contributed by atoms with van der Waals surface area (Å²) in [4.78, 5) is 4.12. The molecule has 18 heavy (non-hydrogen) atoms. The van der Waals surface area contributed by atoms with Crippen molar-refractivity contribution in [2.75, 3.05) is 6.26 Å². The third-order valence-electron chi connectivity index (χ3n) is 2.77. The van der Waals surface area contributed by atoms with Gasteiger partial charge < -0.3 is 0 Å². The van der Waals surface area contributed by atoms with Crippen molar-refractivity contribution in [2.24, 2.45) is 0 Å². The number of rotatable bonds is 4. The Balaban J connectivity index is 2.43. The van der Waals surface area contributed by atoms with Crippen molar-refractivity contribution in [1.29, 1.82) is 0 Å². The zero-order valence-corrected chi connectivity index (χ0v) is 12.3.